The molecular formula is C23H23ClN2O3. The topological polar surface area (TPSA) is 52.1 Å². The first-order chi connectivity index (χ1) is 14.2. The van der Waals surface area contributed by atoms with E-state index < -0.39 is 0 Å². The molecule has 0 amide bonds. The van der Waals surface area contributed by atoms with Crippen LogP contribution in [0.15, 0.2) is 71.8 Å². The standard InChI is InChI=1S/C23H23ClN2O3/c1-27-22-10-8-18(12-23(22)28-2)14-25-26-15-19-13-20(24)9-11-21(19)29-16-17-6-4-3-5-7-17/h3-13,15,25H,14,16H2,1-2H3/b26-15-. The normalized spacial score (nSPS) is 10.7. The summed E-state index contributed by atoms with van der Waals surface area (Å²) in [5.74, 6) is 2.09. The largest absolute Gasteiger partial charge is 0.493 e. The zero-order chi connectivity index (χ0) is 20.5. The number of halogens is 1. The number of hydrazone groups is 1. The zero-order valence-corrected chi connectivity index (χ0v) is 17.1. The molecule has 3 rings (SSSR count). The molecule has 0 atom stereocenters. The van der Waals surface area contributed by atoms with E-state index in [2.05, 4.69) is 10.5 Å². The average Bonchev–Trinajstić information content (AvgIpc) is 2.76. The maximum atomic E-state index is 6.14. The number of methoxy groups -OCH3 is 2. The predicted molar refractivity (Wildman–Crippen MR) is 116 cm³/mol. The van der Waals surface area contributed by atoms with Crippen molar-refractivity contribution in [2.45, 2.75) is 13.2 Å². The van der Waals surface area contributed by atoms with Gasteiger partial charge in [0.1, 0.15) is 12.4 Å². The molecule has 0 bridgehead atoms. The Bertz CT molecular complexity index is 962. The Kier molecular flexibility index (Phi) is 7.36. The molecule has 0 radical (unpaired) electrons. The first kappa shape index (κ1) is 20.6. The van der Waals surface area contributed by atoms with Crippen LogP contribution < -0.4 is 19.6 Å². The van der Waals surface area contributed by atoms with Gasteiger partial charge in [-0.25, -0.2) is 0 Å². The van der Waals surface area contributed by atoms with Crippen molar-refractivity contribution in [2.75, 3.05) is 14.2 Å². The maximum Gasteiger partial charge on any atom is 0.161 e. The minimum absolute atomic E-state index is 0.475. The molecule has 0 aliphatic carbocycles. The van der Waals surface area contributed by atoms with Crippen LogP contribution in [-0.2, 0) is 13.2 Å². The highest BCUT2D eigenvalue weighted by molar-refractivity contribution is 6.30. The molecule has 150 valence electrons. The van der Waals surface area contributed by atoms with Crippen molar-refractivity contribution in [3.05, 3.63) is 88.4 Å². The van der Waals surface area contributed by atoms with Crippen LogP contribution in [0.1, 0.15) is 16.7 Å². The van der Waals surface area contributed by atoms with E-state index in [1.165, 1.54) is 0 Å². The number of rotatable bonds is 9. The molecule has 0 spiro atoms. The second-order valence-electron chi connectivity index (χ2n) is 6.24. The van der Waals surface area contributed by atoms with Gasteiger partial charge in [0.2, 0.25) is 0 Å². The molecule has 0 aliphatic rings. The van der Waals surface area contributed by atoms with Gasteiger partial charge < -0.3 is 19.6 Å². The number of hydrogen-bond donors (Lipinski definition) is 1. The van der Waals surface area contributed by atoms with Crippen molar-refractivity contribution in [3.63, 3.8) is 0 Å². The fourth-order valence-corrected chi connectivity index (χ4v) is 2.91. The Morgan fingerprint density at radius 1 is 0.862 bits per heavy atom. The summed E-state index contributed by atoms with van der Waals surface area (Å²) in [5, 5.41) is 4.93. The highest BCUT2D eigenvalue weighted by Crippen LogP contribution is 2.27. The van der Waals surface area contributed by atoms with Gasteiger partial charge in [0.05, 0.1) is 27.0 Å². The second kappa shape index (κ2) is 10.4. The Hall–Kier alpha value is -3.18. The summed E-state index contributed by atoms with van der Waals surface area (Å²) < 4.78 is 16.5. The van der Waals surface area contributed by atoms with Crippen molar-refractivity contribution in [2.24, 2.45) is 5.10 Å². The summed E-state index contributed by atoms with van der Waals surface area (Å²) in [5.41, 5.74) is 5.95. The minimum atomic E-state index is 0.475. The molecule has 29 heavy (non-hydrogen) atoms. The van der Waals surface area contributed by atoms with E-state index in [0.717, 1.165) is 22.4 Å². The molecular weight excluding hydrogens is 388 g/mol. The summed E-state index contributed by atoms with van der Waals surface area (Å²) in [7, 11) is 3.23. The van der Waals surface area contributed by atoms with Gasteiger partial charge in [0, 0.05) is 10.6 Å². The fraction of sp³-hybridized carbons (Fsp3) is 0.174. The molecule has 0 unspecified atom stereocenters. The van der Waals surface area contributed by atoms with Crippen LogP contribution in [0.25, 0.3) is 0 Å². The first-order valence-electron chi connectivity index (χ1n) is 9.12. The van der Waals surface area contributed by atoms with E-state index in [9.17, 15) is 0 Å². The number of nitrogens with one attached hydrogen (secondary N) is 1. The van der Waals surface area contributed by atoms with Gasteiger partial charge in [-0.05, 0) is 41.5 Å². The molecule has 5 nitrogen and oxygen atoms in total. The lowest BCUT2D eigenvalue weighted by atomic mass is 10.2. The molecule has 6 heteroatoms. The van der Waals surface area contributed by atoms with Gasteiger partial charge in [0.25, 0.3) is 0 Å². The van der Waals surface area contributed by atoms with E-state index in [1.807, 2.05) is 60.7 Å². The smallest absolute Gasteiger partial charge is 0.161 e. The van der Waals surface area contributed by atoms with Gasteiger partial charge >= 0.3 is 0 Å². The Morgan fingerprint density at radius 3 is 2.38 bits per heavy atom. The van der Waals surface area contributed by atoms with Crippen molar-refractivity contribution >= 4 is 17.8 Å². The van der Waals surface area contributed by atoms with Crippen molar-refractivity contribution < 1.29 is 14.2 Å². The molecule has 3 aromatic rings. The summed E-state index contributed by atoms with van der Waals surface area (Å²) in [6.45, 7) is 1.01. The van der Waals surface area contributed by atoms with Crippen LogP contribution in [0.2, 0.25) is 5.02 Å². The van der Waals surface area contributed by atoms with E-state index in [4.69, 9.17) is 25.8 Å². The van der Waals surface area contributed by atoms with E-state index >= 15 is 0 Å². The van der Waals surface area contributed by atoms with E-state index in [0.29, 0.717) is 29.7 Å². The molecule has 0 aliphatic heterocycles. The Labute approximate surface area is 175 Å². The lowest BCUT2D eigenvalue weighted by Gasteiger charge is -2.10. The second-order valence-corrected chi connectivity index (χ2v) is 6.68. The predicted octanol–water partition coefficient (Wildman–Crippen LogP) is 5.06. The summed E-state index contributed by atoms with van der Waals surface area (Å²) >= 11 is 6.14. The van der Waals surface area contributed by atoms with Crippen LogP contribution in [0.5, 0.6) is 17.2 Å². The van der Waals surface area contributed by atoms with Gasteiger partial charge in [-0.15, -0.1) is 0 Å². The van der Waals surface area contributed by atoms with Crippen LogP contribution in [0, 0.1) is 0 Å². The Morgan fingerprint density at radius 2 is 1.62 bits per heavy atom. The summed E-state index contributed by atoms with van der Waals surface area (Å²) in [6, 6.07) is 21.2. The number of benzene rings is 3. The van der Waals surface area contributed by atoms with E-state index in [1.54, 1.807) is 26.5 Å². The molecule has 0 fully saturated rings. The first-order valence-corrected chi connectivity index (χ1v) is 9.50. The SMILES string of the molecule is COc1ccc(CN/N=C\c2cc(Cl)ccc2OCc2ccccc2)cc1OC. The lowest BCUT2D eigenvalue weighted by Crippen LogP contribution is -2.06. The third-order valence-electron chi connectivity index (χ3n) is 4.24. The maximum absolute atomic E-state index is 6.14. The Balaban J connectivity index is 1.63. The third kappa shape index (κ3) is 5.90. The van der Waals surface area contributed by atoms with Crippen LogP contribution in [0.3, 0.4) is 0 Å². The highest BCUT2D eigenvalue weighted by Gasteiger charge is 2.05. The molecule has 0 aromatic heterocycles. The summed E-state index contributed by atoms with van der Waals surface area (Å²) in [6.07, 6.45) is 1.70. The average molecular weight is 411 g/mol. The number of hydrogen-bond acceptors (Lipinski definition) is 5. The third-order valence-corrected chi connectivity index (χ3v) is 4.47. The van der Waals surface area contributed by atoms with Crippen LogP contribution in [0.4, 0.5) is 0 Å². The summed E-state index contributed by atoms with van der Waals surface area (Å²) in [4.78, 5) is 0. The fourth-order valence-electron chi connectivity index (χ4n) is 2.73. The molecule has 0 saturated carbocycles. The van der Waals surface area contributed by atoms with E-state index in [-0.39, 0.29) is 0 Å². The van der Waals surface area contributed by atoms with Gasteiger partial charge in [0.15, 0.2) is 11.5 Å². The van der Waals surface area contributed by atoms with Crippen molar-refractivity contribution in [1.29, 1.82) is 0 Å². The highest BCUT2D eigenvalue weighted by atomic mass is 35.5. The monoisotopic (exact) mass is 410 g/mol. The lowest BCUT2D eigenvalue weighted by molar-refractivity contribution is 0.306. The minimum Gasteiger partial charge on any atom is -0.493 e. The molecule has 0 heterocycles. The van der Waals surface area contributed by atoms with Crippen LogP contribution >= 0.6 is 11.6 Å². The van der Waals surface area contributed by atoms with Crippen molar-refractivity contribution in [3.8, 4) is 17.2 Å². The number of ether oxygens (including phenoxy) is 3. The van der Waals surface area contributed by atoms with Gasteiger partial charge in [-0.2, -0.15) is 5.10 Å². The van der Waals surface area contributed by atoms with Crippen LogP contribution in [-0.4, -0.2) is 20.4 Å². The number of nitrogens with zero attached hydrogens (tertiary/aromatic N) is 1. The van der Waals surface area contributed by atoms with Crippen molar-refractivity contribution in [1.82, 2.24) is 5.43 Å². The van der Waals surface area contributed by atoms with Gasteiger partial charge in [-0.1, -0.05) is 48.0 Å². The molecule has 1 N–H and O–H groups in total. The zero-order valence-electron chi connectivity index (χ0n) is 16.4. The molecule has 3 aromatic carbocycles. The quantitative estimate of drug-likeness (QED) is 0.395. The molecule has 0 saturated heterocycles. The van der Waals surface area contributed by atoms with Gasteiger partial charge in [-0.3, -0.25) is 0 Å².